The molecule has 0 amide bonds. The fourth-order valence-electron chi connectivity index (χ4n) is 4.48. The molecule has 0 spiro atoms. The van der Waals surface area contributed by atoms with Crippen LogP contribution in [0.2, 0.25) is 0 Å². The highest BCUT2D eigenvalue weighted by atomic mass is 32.2. The monoisotopic (exact) mass is 451 g/mol. The van der Waals surface area contributed by atoms with Crippen molar-refractivity contribution in [1.82, 2.24) is 0 Å². The van der Waals surface area contributed by atoms with Crippen LogP contribution in [0.5, 0.6) is 0 Å². The molecule has 4 aromatic carbocycles. The van der Waals surface area contributed by atoms with E-state index < -0.39 is 0 Å². The molecule has 0 aliphatic carbocycles. The lowest BCUT2D eigenvalue weighted by Gasteiger charge is -2.33. The highest BCUT2D eigenvalue weighted by Gasteiger charge is 2.51. The number of benzene rings is 4. The van der Waals surface area contributed by atoms with E-state index in [4.69, 9.17) is 9.31 Å². The molecule has 0 unspecified atom stereocenters. The Balaban J connectivity index is 1.43. The van der Waals surface area contributed by atoms with Gasteiger partial charge < -0.3 is 14.2 Å². The van der Waals surface area contributed by atoms with Crippen molar-refractivity contribution in [3.05, 3.63) is 84.9 Å². The topological polar surface area (TPSA) is 21.7 Å². The van der Waals surface area contributed by atoms with Crippen LogP contribution in [0.15, 0.2) is 94.7 Å². The average Bonchev–Trinajstić information content (AvgIpc) is 3.03. The molecule has 2 aliphatic heterocycles. The second-order valence-electron chi connectivity index (χ2n) is 9.75. The van der Waals surface area contributed by atoms with Crippen molar-refractivity contribution in [1.29, 1.82) is 0 Å². The Morgan fingerprint density at radius 3 is 1.97 bits per heavy atom. The zero-order chi connectivity index (χ0) is 22.8. The predicted molar refractivity (Wildman–Crippen MR) is 138 cm³/mol. The van der Waals surface area contributed by atoms with Gasteiger partial charge in [-0.1, -0.05) is 60.3 Å². The van der Waals surface area contributed by atoms with Crippen LogP contribution < -0.4 is 10.4 Å². The summed E-state index contributed by atoms with van der Waals surface area (Å²) in [5, 5.41) is 2.51. The molecule has 5 heteroatoms. The van der Waals surface area contributed by atoms with Crippen LogP contribution in [0.3, 0.4) is 0 Å². The first-order valence-corrected chi connectivity index (χ1v) is 12.2. The molecule has 0 atom stereocenters. The molecule has 0 bridgehead atoms. The molecule has 0 saturated carbocycles. The smallest absolute Gasteiger partial charge is 0.399 e. The normalized spacial score (nSPS) is 18.3. The summed E-state index contributed by atoms with van der Waals surface area (Å²) in [6.07, 6.45) is 0. The van der Waals surface area contributed by atoms with Gasteiger partial charge in [-0.3, -0.25) is 0 Å². The minimum absolute atomic E-state index is 0.348. The van der Waals surface area contributed by atoms with Gasteiger partial charge in [0.15, 0.2) is 0 Å². The molecule has 1 fully saturated rings. The summed E-state index contributed by atoms with van der Waals surface area (Å²) in [6, 6.07) is 30.4. The minimum Gasteiger partial charge on any atom is -0.399 e. The molecule has 3 nitrogen and oxygen atoms in total. The number of anilines is 3. The molecule has 2 aliphatic rings. The van der Waals surface area contributed by atoms with Crippen molar-refractivity contribution in [2.24, 2.45) is 0 Å². The van der Waals surface area contributed by atoms with E-state index in [9.17, 15) is 0 Å². The minimum atomic E-state index is -0.357. The molecular formula is C28H26BNO2S. The number of rotatable bonds is 2. The molecule has 0 radical (unpaired) electrons. The maximum absolute atomic E-state index is 6.26. The SMILES string of the molecule is CC1(C)OB(c2ccc(N3c4ccccc4Sc4cc5ccccc5cc43)cc2)OC1(C)C. The molecule has 164 valence electrons. The summed E-state index contributed by atoms with van der Waals surface area (Å²) >= 11 is 1.84. The summed E-state index contributed by atoms with van der Waals surface area (Å²) < 4.78 is 12.5. The Morgan fingerprint density at radius 1 is 0.667 bits per heavy atom. The predicted octanol–water partition coefficient (Wildman–Crippen LogP) is 7.07. The maximum Gasteiger partial charge on any atom is 0.494 e. The van der Waals surface area contributed by atoms with E-state index in [0.717, 1.165) is 11.2 Å². The third kappa shape index (κ3) is 3.38. The second-order valence-corrected chi connectivity index (χ2v) is 10.8. The highest BCUT2D eigenvalue weighted by Crippen LogP contribution is 2.52. The van der Waals surface area contributed by atoms with Gasteiger partial charge in [-0.25, -0.2) is 0 Å². The Bertz CT molecular complexity index is 1350. The molecule has 4 aromatic rings. The fraction of sp³-hybridized carbons (Fsp3) is 0.214. The van der Waals surface area contributed by atoms with Crippen LogP contribution in [0.25, 0.3) is 10.8 Å². The van der Waals surface area contributed by atoms with E-state index >= 15 is 0 Å². The van der Waals surface area contributed by atoms with Crippen LogP contribution in [0, 0.1) is 0 Å². The standard InChI is InChI=1S/C28H26BNO2S/c1-27(2)28(3,4)32-29(31-27)21-13-15-22(16-14-21)30-23-11-7-8-12-25(23)33-26-18-20-10-6-5-9-19(20)17-24(26)30/h5-18H,1-4H3. The molecule has 0 N–H and O–H groups in total. The number of hydrogen-bond donors (Lipinski definition) is 0. The molecule has 33 heavy (non-hydrogen) atoms. The van der Waals surface area contributed by atoms with Crippen LogP contribution in [0.4, 0.5) is 17.1 Å². The molecule has 1 saturated heterocycles. The van der Waals surface area contributed by atoms with Crippen molar-refractivity contribution < 1.29 is 9.31 Å². The third-order valence-electron chi connectivity index (χ3n) is 7.07. The van der Waals surface area contributed by atoms with Gasteiger partial charge in [0, 0.05) is 15.5 Å². The molecule has 6 rings (SSSR count). The van der Waals surface area contributed by atoms with Gasteiger partial charge in [-0.2, -0.15) is 0 Å². The summed E-state index contributed by atoms with van der Waals surface area (Å²) in [6.45, 7) is 8.35. The lowest BCUT2D eigenvalue weighted by Crippen LogP contribution is -2.41. The van der Waals surface area contributed by atoms with Crippen molar-refractivity contribution in [2.45, 2.75) is 48.7 Å². The number of hydrogen-bond acceptors (Lipinski definition) is 4. The number of fused-ring (bicyclic) bond motifs is 3. The third-order valence-corrected chi connectivity index (χ3v) is 8.18. The van der Waals surface area contributed by atoms with Gasteiger partial charge in [0.05, 0.1) is 22.6 Å². The maximum atomic E-state index is 6.26. The molecule has 2 heterocycles. The Kier molecular flexibility index (Phi) is 4.67. The van der Waals surface area contributed by atoms with Crippen LogP contribution in [0.1, 0.15) is 27.7 Å². The zero-order valence-corrected chi connectivity index (χ0v) is 20.1. The Morgan fingerprint density at radius 2 is 1.27 bits per heavy atom. The first kappa shape index (κ1) is 20.9. The Labute approximate surface area is 199 Å². The van der Waals surface area contributed by atoms with E-state index in [2.05, 4.69) is 118 Å². The quantitative estimate of drug-likeness (QED) is 0.268. The van der Waals surface area contributed by atoms with E-state index in [1.54, 1.807) is 0 Å². The van der Waals surface area contributed by atoms with Crippen molar-refractivity contribution in [2.75, 3.05) is 4.90 Å². The summed E-state index contributed by atoms with van der Waals surface area (Å²) in [5.74, 6) is 0. The van der Waals surface area contributed by atoms with Gasteiger partial charge in [0.25, 0.3) is 0 Å². The first-order valence-electron chi connectivity index (χ1n) is 11.4. The summed E-state index contributed by atoms with van der Waals surface area (Å²) in [5.41, 5.74) is 3.88. The van der Waals surface area contributed by atoms with Gasteiger partial charge in [0.1, 0.15) is 0 Å². The lowest BCUT2D eigenvalue weighted by atomic mass is 9.79. The van der Waals surface area contributed by atoms with Gasteiger partial charge >= 0.3 is 7.12 Å². The van der Waals surface area contributed by atoms with Crippen LogP contribution in [-0.4, -0.2) is 18.3 Å². The largest absolute Gasteiger partial charge is 0.494 e. The van der Waals surface area contributed by atoms with E-state index in [1.165, 1.54) is 31.9 Å². The highest BCUT2D eigenvalue weighted by molar-refractivity contribution is 7.99. The van der Waals surface area contributed by atoms with Gasteiger partial charge in [-0.15, -0.1) is 0 Å². The molecular weight excluding hydrogens is 425 g/mol. The fourth-order valence-corrected chi connectivity index (χ4v) is 5.57. The van der Waals surface area contributed by atoms with Crippen molar-refractivity contribution >= 4 is 52.2 Å². The average molecular weight is 451 g/mol. The van der Waals surface area contributed by atoms with E-state index in [-0.39, 0.29) is 18.3 Å². The van der Waals surface area contributed by atoms with Gasteiger partial charge in [-0.05, 0) is 80.3 Å². The van der Waals surface area contributed by atoms with E-state index in [1.807, 2.05) is 11.8 Å². The summed E-state index contributed by atoms with van der Waals surface area (Å²) in [4.78, 5) is 4.89. The van der Waals surface area contributed by atoms with Crippen molar-refractivity contribution in [3.8, 4) is 0 Å². The van der Waals surface area contributed by atoms with Gasteiger partial charge in [0.2, 0.25) is 0 Å². The lowest BCUT2D eigenvalue weighted by molar-refractivity contribution is 0.00578. The first-order chi connectivity index (χ1) is 15.8. The zero-order valence-electron chi connectivity index (χ0n) is 19.3. The van der Waals surface area contributed by atoms with Crippen LogP contribution in [-0.2, 0) is 9.31 Å². The molecule has 0 aromatic heterocycles. The van der Waals surface area contributed by atoms with E-state index in [0.29, 0.717) is 0 Å². The Hall–Kier alpha value is -2.73. The number of nitrogens with zero attached hydrogens (tertiary/aromatic N) is 1. The number of para-hydroxylation sites is 1. The van der Waals surface area contributed by atoms with Crippen LogP contribution >= 0.6 is 11.8 Å². The second kappa shape index (κ2) is 7.39. The van der Waals surface area contributed by atoms with Crippen molar-refractivity contribution in [3.63, 3.8) is 0 Å². The summed E-state index contributed by atoms with van der Waals surface area (Å²) in [7, 11) is -0.357.